The van der Waals surface area contributed by atoms with Gasteiger partial charge >= 0.3 is 0 Å². The van der Waals surface area contributed by atoms with E-state index < -0.39 is 0 Å². The molecule has 30 heavy (non-hydrogen) atoms. The Bertz CT molecular complexity index is 1190. The molecular formula is C23H28N6O. The highest BCUT2D eigenvalue weighted by atomic mass is 16.3. The second kappa shape index (κ2) is 8.30. The van der Waals surface area contributed by atoms with Gasteiger partial charge in [-0.15, -0.1) is 0 Å². The quantitative estimate of drug-likeness (QED) is 0.374. The largest absolute Gasteiger partial charge is 0.507 e. The zero-order valence-electron chi connectivity index (χ0n) is 17.2. The number of nitrogens with two attached hydrogens (primary N) is 3. The fourth-order valence-electron chi connectivity index (χ4n) is 4.02. The number of nitrogen functional groups attached to an aromatic ring is 1. The van der Waals surface area contributed by atoms with Crippen molar-refractivity contribution in [2.45, 2.75) is 45.8 Å². The van der Waals surface area contributed by atoms with Crippen LogP contribution in [0.1, 0.15) is 42.3 Å². The minimum absolute atomic E-state index is 0.185. The molecule has 2 aromatic carbocycles. The number of aromatic nitrogens is 3. The first-order valence-corrected chi connectivity index (χ1v) is 10.3. The smallest absolute Gasteiger partial charge is 0.152 e. The maximum absolute atomic E-state index is 10.4. The number of anilines is 1. The van der Waals surface area contributed by atoms with Gasteiger partial charge in [0.1, 0.15) is 17.1 Å². The normalized spacial score (nSPS) is 11.6. The molecule has 0 saturated heterocycles. The number of phenols is 1. The van der Waals surface area contributed by atoms with Crippen molar-refractivity contribution in [1.29, 1.82) is 0 Å². The van der Waals surface area contributed by atoms with Gasteiger partial charge in [0.05, 0.1) is 11.0 Å². The van der Waals surface area contributed by atoms with Crippen molar-refractivity contribution in [2.75, 3.05) is 5.73 Å². The number of aryl methyl sites for hydroxylation is 1. The minimum atomic E-state index is 0.185. The summed E-state index contributed by atoms with van der Waals surface area (Å²) in [5, 5.41) is 11.4. The highest BCUT2D eigenvalue weighted by Crippen LogP contribution is 2.31. The third-order valence-electron chi connectivity index (χ3n) is 5.55. The highest BCUT2D eigenvalue weighted by molar-refractivity contribution is 6.06. The molecule has 2 heterocycles. The molecule has 0 saturated carbocycles. The van der Waals surface area contributed by atoms with Crippen LogP contribution >= 0.6 is 0 Å². The van der Waals surface area contributed by atoms with Crippen LogP contribution in [0.2, 0.25) is 0 Å². The first-order chi connectivity index (χ1) is 14.6. The molecular weight excluding hydrogens is 376 g/mol. The van der Waals surface area contributed by atoms with Crippen molar-refractivity contribution in [3.63, 3.8) is 0 Å². The summed E-state index contributed by atoms with van der Waals surface area (Å²) in [5.74, 6) is 1.61. The Labute approximate surface area is 175 Å². The van der Waals surface area contributed by atoms with Gasteiger partial charge in [-0.25, -0.2) is 9.97 Å². The van der Waals surface area contributed by atoms with Gasteiger partial charge in [0.15, 0.2) is 5.82 Å². The molecule has 156 valence electrons. The Morgan fingerprint density at radius 1 is 1.03 bits per heavy atom. The van der Waals surface area contributed by atoms with E-state index >= 15 is 0 Å². The number of pyridine rings is 1. The SMILES string of the molecule is CCCCc1nc2c(N)nc3ccccc3c2n1Cc1cc(CN)c(O)c(CN)c1. The molecule has 0 bridgehead atoms. The number of hydrogen-bond acceptors (Lipinski definition) is 6. The van der Waals surface area contributed by atoms with E-state index in [4.69, 9.17) is 22.2 Å². The lowest BCUT2D eigenvalue weighted by Crippen LogP contribution is -2.09. The Hall–Kier alpha value is -3.16. The molecule has 0 radical (unpaired) electrons. The van der Waals surface area contributed by atoms with Crippen LogP contribution in [-0.2, 0) is 26.1 Å². The fourth-order valence-corrected chi connectivity index (χ4v) is 4.02. The Balaban J connectivity index is 1.95. The molecule has 7 heteroatoms. The van der Waals surface area contributed by atoms with Crippen LogP contribution in [-0.4, -0.2) is 19.6 Å². The summed E-state index contributed by atoms with van der Waals surface area (Å²) in [7, 11) is 0. The van der Waals surface area contributed by atoms with Crippen LogP contribution in [0.25, 0.3) is 21.9 Å². The van der Waals surface area contributed by atoms with Crippen molar-refractivity contribution in [1.82, 2.24) is 14.5 Å². The van der Waals surface area contributed by atoms with E-state index in [1.165, 1.54) is 0 Å². The summed E-state index contributed by atoms with van der Waals surface area (Å²) in [4.78, 5) is 9.42. The van der Waals surface area contributed by atoms with E-state index in [-0.39, 0.29) is 18.8 Å². The van der Waals surface area contributed by atoms with Gasteiger partial charge in [-0.2, -0.15) is 0 Å². The molecule has 4 aromatic rings. The van der Waals surface area contributed by atoms with Crippen molar-refractivity contribution < 1.29 is 5.11 Å². The summed E-state index contributed by atoms with van der Waals surface area (Å²) in [6.45, 7) is 3.25. The van der Waals surface area contributed by atoms with Crippen LogP contribution in [0.3, 0.4) is 0 Å². The summed E-state index contributed by atoms with van der Waals surface area (Å²) in [5.41, 5.74) is 23.0. The average molecular weight is 405 g/mol. The Morgan fingerprint density at radius 2 is 1.73 bits per heavy atom. The molecule has 2 aromatic heterocycles. The molecule has 7 N–H and O–H groups in total. The number of phenolic OH excluding ortho intramolecular Hbond substituents is 1. The molecule has 0 aliphatic rings. The third-order valence-corrected chi connectivity index (χ3v) is 5.55. The summed E-state index contributed by atoms with van der Waals surface area (Å²) in [6.07, 6.45) is 2.96. The fraction of sp³-hybridized carbons (Fsp3) is 0.304. The van der Waals surface area contributed by atoms with Gasteiger partial charge in [0.2, 0.25) is 0 Å². The van der Waals surface area contributed by atoms with Gasteiger partial charge in [0.25, 0.3) is 0 Å². The molecule has 0 atom stereocenters. The number of unbranched alkanes of at least 4 members (excludes halogenated alkanes) is 1. The second-order valence-electron chi connectivity index (χ2n) is 7.60. The van der Waals surface area contributed by atoms with Gasteiger partial charge in [-0.3, -0.25) is 0 Å². The maximum Gasteiger partial charge on any atom is 0.152 e. The lowest BCUT2D eigenvalue weighted by molar-refractivity contribution is 0.461. The van der Waals surface area contributed by atoms with E-state index in [1.54, 1.807) is 0 Å². The van der Waals surface area contributed by atoms with Crippen LogP contribution in [0.15, 0.2) is 36.4 Å². The van der Waals surface area contributed by atoms with Gasteiger partial charge in [-0.1, -0.05) is 31.5 Å². The third kappa shape index (κ3) is 3.46. The number of fused-ring (bicyclic) bond motifs is 3. The Kier molecular flexibility index (Phi) is 5.57. The van der Waals surface area contributed by atoms with Gasteiger partial charge in [0, 0.05) is 42.6 Å². The topological polar surface area (TPSA) is 129 Å². The lowest BCUT2D eigenvalue weighted by Gasteiger charge is -2.14. The first-order valence-electron chi connectivity index (χ1n) is 10.3. The number of aromatic hydroxyl groups is 1. The highest BCUT2D eigenvalue weighted by Gasteiger charge is 2.18. The number of para-hydroxylation sites is 1. The Morgan fingerprint density at radius 3 is 2.40 bits per heavy atom. The minimum Gasteiger partial charge on any atom is -0.507 e. The molecule has 4 rings (SSSR count). The standard InChI is InChI=1S/C23H28N6O/c1-2-3-8-19-28-20-21(17-6-4-5-7-18(17)27-23(20)26)29(19)13-14-9-15(11-24)22(30)16(10-14)12-25/h4-7,9-10,30H,2-3,8,11-13,24-25H2,1H3,(H2,26,27). The summed E-state index contributed by atoms with van der Waals surface area (Å²) >= 11 is 0. The van der Waals surface area contributed by atoms with Crippen LogP contribution in [0.5, 0.6) is 5.75 Å². The molecule has 0 aliphatic carbocycles. The monoisotopic (exact) mass is 404 g/mol. The van der Waals surface area contributed by atoms with E-state index in [0.29, 0.717) is 23.5 Å². The molecule has 0 aliphatic heterocycles. The summed E-state index contributed by atoms with van der Waals surface area (Å²) < 4.78 is 2.22. The van der Waals surface area contributed by atoms with E-state index in [2.05, 4.69) is 22.5 Å². The number of imidazole rings is 1. The zero-order chi connectivity index (χ0) is 21.3. The lowest BCUT2D eigenvalue weighted by atomic mass is 10.0. The maximum atomic E-state index is 10.4. The van der Waals surface area contributed by atoms with Crippen LogP contribution in [0.4, 0.5) is 5.82 Å². The molecule has 0 fully saturated rings. The van der Waals surface area contributed by atoms with E-state index in [1.807, 2.05) is 30.3 Å². The molecule has 0 amide bonds. The van der Waals surface area contributed by atoms with Crippen molar-refractivity contribution in [3.8, 4) is 5.75 Å². The summed E-state index contributed by atoms with van der Waals surface area (Å²) in [6, 6.07) is 11.9. The van der Waals surface area contributed by atoms with Crippen molar-refractivity contribution in [3.05, 3.63) is 58.9 Å². The molecule has 0 spiro atoms. The van der Waals surface area contributed by atoms with Gasteiger partial charge < -0.3 is 26.9 Å². The van der Waals surface area contributed by atoms with Crippen molar-refractivity contribution >= 4 is 27.8 Å². The van der Waals surface area contributed by atoms with Crippen LogP contribution in [0, 0.1) is 0 Å². The predicted octanol–water partition coefficient (Wildman–Crippen LogP) is 3.18. The van der Waals surface area contributed by atoms with Crippen LogP contribution < -0.4 is 17.2 Å². The molecule has 7 nitrogen and oxygen atoms in total. The van der Waals surface area contributed by atoms with Crippen molar-refractivity contribution in [2.24, 2.45) is 11.5 Å². The number of nitrogens with zero attached hydrogens (tertiary/aromatic N) is 3. The number of benzene rings is 2. The number of hydrogen-bond donors (Lipinski definition) is 4. The first kappa shape index (κ1) is 20.1. The van der Waals surface area contributed by atoms with E-state index in [9.17, 15) is 5.11 Å². The molecule has 0 unspecified atom stereocenters. The number of rotatable bonds is 7. The average Bonchev–Trinajstić information content (AvgIpc) is 3.12. The van der Waals surface area contributed by atoms with Gasteiger partial charge in [-0.05, 0) is 30.2 Å². The zero-order valence-corrected chi connectivity index (χ0v) is 17.2. The second-order valence-corrected chi connectivity index (χ2v) is 7.60. The predicted molar refractivity (Wildman–Crippen MR) is 121 cm³/mol. The van der Waals surface area contributed by atoms with E-state index in [0.717, 1.165) is 52.6 Å².